The van der Waals surface area contributed by atoms with E-state index in [1.54, 1.807) is 16.7 Å². The van der Waals surface area contributed by atoms with Crippen LogP contribution in [0.3, 0.4) is 0 Å². The van der Waals surface area contributed by atoms with Crippen molar-refractivity contribution in [3.63, 3.8) is 0 Å². The predicted molar refractivity (Wildman–Crippen MR) is 171 cm³/mol. The SMILES string of the molecule is CC1CCC2(CC1)SCC(C(=O)O)N2C(=O)CCC(NC(=O)c1cc(Cl)cc(Cl)c1)C(=O)N1CCC2(CCCC2)CC1.[Na]. The fraction of sp³-hybridized carbons (Fsp3) is 0.677. The number of benzene rings is 1. The molecule has 0 bridgehead atoms. The van der Waals surface area contributed by atoms with Crippen LogP contribution in [0.25, 0.3) is 0 Å². The number of carbonyl (C=O) groups is 4. The molecule has 231 valence electrons. The van der Waals surface area contributed by atoms with E-state index >= 15 is 0 Å². The molecular formula is C31H41Cl2N3NaO5S. The van der Waals surface area contributed by atoms with E-state index in [0.717, 1.165) is 38.5 Å². The Labute approximate surface area is 290 Å². The van der Waals surface area contributed by atoms with E-state index in [-0.39, 0.29) is 59.8 Å². The Bertz CT molecular complexity index is 1190. The number of aliphatic carboxylic acids is 1. The van der Waals surface area contributed by atoms with Crippen LogP contribution in [0.5, 0.6) is 0 Å². The van der Waals surface area contributed by atoms with Gasteiger partial charge in [0.15, 0.2) is 0 Å². The molecule has 1 aromatic rings. The summed E-state index contributed by atoms with van der Waals surface area (Å²) in [4.78, 5) is 56.0. The van der Waals surface area contributed by atoms with Crippen molar-refractivity contribution in [3.05, 3.63) is 33.8 Å². The van der Waals surface area contributed by atoms with Gasteiger partial charge in [-0.3, -0.25) is 14.4 Å². The van der Waals surface area contributed by atoms with Crippen molar-refractivity contribution in [1.82, 2.24) is 15.1 Å². The Balaban J connectivity index is 0.00000423. The topological polar surface area (TPSA) is 107 Å². The third-order valence-corrected chi connectivity index (χ3v) is 12.1. The number of rotatable bonds is 7. The summed E-state index contributed by atoms with van der Waals surface area (Å²) in [5, 5.41) is 13.4. The van der Waals surface area contributed by atoms with Crippen LogP contribution in [0.15, 0.2) is 18.2 Å². The number of hydrogen-bond donors (Lipinski definition) is 2. The molecule has 1 radical (unpaired) electrons. The molecule has 4 aliphatic rings. The van der Waals surface area contributed by atoms with Gasteiger partial charge < -0.3 is 20.2 Å². The number of carboxylic acid groups (broad SMARTS) is 1. The molecule has 2 aliphatic carbocycles. The van der Waals surface area contributed by atoms with Crippen LogP contribution in [0.4, 0.5) is 0 Å². The molecule has 3 amide bonds. The van der Waals surface area contributed by atoms with E-state index in [1.807, 2.05) is 4.90 Å². The standard InChI is InChI=1S/C31H41Cl2N3O5S.Na/c1-20-6-10-31(11-7-20)36(25(19-42-31)29(40)41)26(37)5-4-24(34-27(38)21-16-22(32)18-23(33)17-21)28(39)35-14-12-30(13-15-35)8-2-3-9-30;/h16-18,20,24-25H,2-15,19H2,1H3,(H,34,38)(H,40,41);. The Morgan fingerprint density at radius 2 is 1.60 bits per heavy atom. The van der Waals surface area contributed by atoms with Crippen LogP contribution in [0.2, 0.25) is 10.0 Å². The molecule has 2 atom stereocenters. The zero-order chi connectivity index (χ0) is 30.1. The number of likely N-dealkylation sites (tertiary alicyclic amines) is 1. The third-order valence-electron chi connectivity index (χ3n) is 10.0. The summed E-state index contributed by atoms with van der Waals surface area (Å²) in [7, 11) is 0. The molecule has 2 N–H and O–H groups in total. The van der Waals surface area contributed by atoms with Crippen LogP contribution >= 0.6 is 35.0 Å². The largest absolute Gasteiger partial charge is 0.480 e. The summed E-state index contributed by atoms with van der Waals surface area (Å²) in [5.74, 6) is -1.07. The first kappa shape index (κ1) is 34.9. The maximum atomic E-state index is 13.9. The number of thioether (sulfide) groups is 1. The summed E-state index contributed by atoms with van der Waals surface area (Å²) >= 11 is 13.8. The van der Waals surface area contributed by atoms with Gasteiger partial charge in [0.05, 0.1) is 4.87 Å². The van der Waals surface area contributed by atoms with Crippen molar-refractivity contribution in [2.75, 3.05) is 18.8 Å². The second-order valence-corrected chi connectivity index (χ2v) is 15.1. The van der Waals surface area contributed by atoms with Gasteiger partial charge >= 0.3 is 5.97 Å². The number of piperidine rings is 1. The number of carbonyl (C=O) groups excluding carboxylic acids is 3. The van der Waals surface area contributed by atoms with Gasteiger partial charge in [-0.1, -0.05) is 43.0 Å². The van der Waals surface area contributed by atoms with Gasteiger partial charge in [0, 0.05) is 70.4 Å². The Kier molecular flexibility index (Phi) is 11.9. The van der Waals surface area contributed by atoms with Crippen LogP contribution < -0.4 is 5.32 Å². The van der Waals surface area contributed by atoms with Gasteiger partial charge in [-0.25, -0.2) is 4.79 Å². The molecule has 8 nitrogen and oxygen atoms in total. The summed E-state index contributed by atoms with van der Waals surface area (Å²) in [6.45, 7) is 3.45. The number of amides is 3. The van der Waals surface area contributed by atoms with E-state index < -0.39 is 28.8 Å². The van der Waals surface area contributed by atoms with Gasteiger partial charge in [-0.15, -0.1) is 11.8 Å². The zero-order valence-electron chi connectivity index (χ0n) is 25.2. The first-order valence-corrected chi connectivity index (χ1v) is 17.0. The second kappa shape index (κ2) is 14.6. The van der Waals surface area contributed by atoms with Crippen molar-refractivity contribution in [2.24, 2.45) is 11.3 Å². The molecular weight excluding hydrogens is 620 g/mol. The van der Waals surface area contributed by atoms with Crippen molar-refractivity contribution in [3.8, 4) is 0 Å². The number of nitrogens with one attached hydrogen (secondary N) is 1. The van der Waals surface area contributed by atoms with Crippen LogP contribution in [-0.2, 0) is 14.4 Å². The average molecular weight is 662 g/mol. The van der Waals surface area contributed by atoms with Gasteiger partial charge in [0.25, 0.3) is 5.91 Å². The minimum atomic E-state index is -1.00. The predicted octanol–water partition coefficient (Wildman–Crippen LogP) is 5.61. The van der Waals surface area contributed by atoms with Crippen molar-refractivity contribution in [2.45, 2.75) is 101 Å². The first-order chi connectivity index (χ1) is 20.0. The molecule has 2 saturated heterocycles. The van der Waals surface area contributed by atoms with E-state index in [4.69, 9.17) is 23.2 Å². The molecule has 0 aromatic heterocycles. The van der Waals surface area contributed by atoms with Crippen LogP contribution in [0, 0.1) is 11.3 Å². The molecule has 2 saturated carbocycles. The maximum absolute atomic E-state index is 13.9. The third kappa shape index (κ3) is 7.89. The Morgan fingerprint density at radius 3 is 2.19 bits per heavy atom. The molecule has 2 aliphatic heterocycles. The quantitative estimate of drug-likeness (QED) is 0.368. The normalized spacial score (nSPS) is 27.1. The molecule has 12 heteroatoms. The van der Waals surface area contributed by atoms with Gasteiger partial charge in [0.2, 0.25) is 11.8 Å². The summed E-state index contributed by atoms with van der Waals surface area (Å²) in [6, 6.07) is 2.69. The molecule has 43 heavy (non-hydrogen) atoms. The fourth-order valence-electron chi connectivity index (χ4n) is 7.46. The number of nitrogens with zero attached hydrogens (tertiary/aromatic N) is 2. The van der Waals surface area contributed by atoms with E-state index in [9.17, 15) is 24.3 Å². The number of hydrogen-bond acceptors (Lipinski definition) is 5. The summed E-state index contributed by atoms with van der Waals surface area (Å²) in [5.41, 5.74) is 0.561. The van der Waals surface area contributed by atoms with Gasteiger partial charge in [-0.2, -0.15) is 0 Å². The fourth-order valence-corrected chi connectivity index (χ4v) is 9.64. The van der Waals surface area contributed by atoms with E-state index in [0.29, 0.717) is 40.2 Å². The molecule has 2 unspecified atom stereocenters. The molecule has 4 fully saturated rings. The monoisotopic (exact) mass is 660 g/mol. The van der Waals surface area contributed by atoms with Crippen LogP contribution in [0.1, 0.15) is 94.3 Å². The van der Waals surface area contributed by atoms with Crippen molar-refractivity contribution >= 4 is 88.2 Å². The maximum Gasteiger partial charge on any atom is 0.327 e. The van der Waals surface area contributed by atoms with E-state index in [2.05, 4.69) is 12.2 Å². The minimum absolute atomic E-state index is 0. The Hall–Kier alpha value is -0.970. The van der Waals surface area contributed by atoms with Crippen LogP contribution in [-0.4, -0.2) is 104 Å². The second-order valence-electron chi connectivity index (χ2n) is 12.8. The minimum Gasteiger partial charge on any atom is -0.480 e. The molecule has 1 aromatic carbocycles. The van der Waals surface area contributed by atoms with E-state index in [1.165, 1.54) is 43.9 Å². The van der Waals surface area contributed by atoms with Crippen molar-refractivity contribution < 1.29 is 24.3 Å². The van der Waals surface area contributed by atoms with Gasteiger partial charge in [0.1, 0.15) is 12.1 Å². The summed E-state index contributed by atoms with van der Waals surface area (Å²) < 4.78 is 0. The summed E-state index contributed by atoms with van der Waals surface area (Å²) in [6.07, 6.45) is 10.3. The number of halogens is 2. The smallest absolute Gasteiger partial charge is 0.327 e. The molecule has 2 spiro atoms. The molecule has 5 rings (SSSR count). The Morgan fingerprint density at radius 1 is 1.00 bits per heavy atom. The number of carboxylic acids is 1. The van der Waals surface area contributed by atoms with Crippen molar-refractivity contribution in [1.29, 1.82) is 0 Å². The van der Waals surface area contributed by atoms with Gasteiger partial charge in [-0.05, 0) is 87.3 Å². The first-order valence-electron chi connectivity index (χ1n) is 15.3. The zero-order valence-corrected chi connectivity index (χ0v) is 29.5. The molecule has 2 heterocycles. The average Bonchev–Trinajstić information content (AvgIpc) is 3.57.